The van der Waals surface area contributed by atoms with E-state index in [1.165, 1.54) is 0 Å². The fourth-order valence-corrected chi connectivity index (χ4v) is 1.10. The van der Waals surface area contributed by atoms with Gasteiger partial charge < -0.3 is 4.74 Å². The van der Waals surface area contributed by atoms with Gasteiger partial charge in [-0.25, -0.2) is 0 Å². The third-order valence-electron chi connectivity index (χ3n) is 1.94. The molecular weight excluding hydrogens is 170 g/mol. The van der Waals surface area contributed by atoms with Crippen LogP contribution >= 0.6 is 0 Å². The van der Waals surface area contributed by atoms with Crippen LogP contribution in [0.5, 0.6) is 0 Å². The molecule has 0 atom stereocenters. The Balaban J connectivity index is 2.83. The molecular formula is C9H13NO3. The first-order chi connectivity index (χ1) is 5.94. The van der Waals surface area contributed by atoms with E-state index in [1.54, 1.807) is 13.2 Å². The predicted molar refractivity (Wildman–Crippen MR) is 46.9 cm³/mol. The zero-order valence-corrected chi connectivity index (χ0v) is 8.01. The van der Waals surface area contributed by atoms with Crippen molar-refractivity contribution in [2.24, 2.45) is 0 Å². The zero-order valence-electron chi connectivity index (χ0n) is 8.01. The normalized spacial score (nSPS) is 21.0. The lowest BCUT2D eigenvalue weighted by atomic mass is 10.0. The molecule has 1 N–H and O–H groups in total. The molecule has 4 nitrogen and oxygen atoms in total. The van der Waals surface area contributed by atoms with Gasteiger partial charge in [-0.05, 0) is 19.9 Å². The monoisotopic (exact) mass is 183 g/mol. The first-order valence-electron chi connectivity index (χ1n) is 4.06. The molecule has 1 aliphatic heterocycles. The van der Waals surface area contributed by atoms with Crippen LogP contribution < -0.4 is 5.32 Å². The summed E-state index contributed by atoms with van der Waals surface area (Å²) in [6, 6.07) is 0. The standard InChI is InChI=1S/C9H13NO3/c1-9(2,13-3)5-6-4-7(11)10-8(6)12/h5H,4H2,1-3H3,(H,10,11,12)/b6-5-. The van der Waals surface area contributed by atoms with E-state index < -0.39 is 5.60 Å². The van der Waals surface area contributed by atoms with Crippen molar-refractivity contribution in [3.63, 3.8) is 0 Å². The average molecular weight is 183 g/mol. The quantitative estimate of drug-likeness (QED) is 0.497. The summed E-state index contributed by atoms with van der Waals surface area (Å²) >= 11 is 0. The van der Waals surface area contributed by atoms with Gasteiger partial charge >= 0.3 is 0 Å². The highest BCUT2D eigenvalue weighted by Crippen LogP contribution is 2.17. The molecule has 1 aliphatic rings. The number of imide groups is 1. The number of carbonyl (C=O) groups excluding carboxylic acids is 2. The maximum atomic E-state index is 11.1. The molecule has 4 heteroatoms. The molecule has 0 radical (unpaired) electrons. The second kappa shape index (κ2) is 3.30. The summed E-state index contributed by atoms with van der Waals surface area (Å²) in [6.45, 7) is 3.66. The molecule has 1 fully saturated rings. The Bertz CT molecular complexity index is 279. The van der Waals surface area contributed by atoms with Crippen molar-refractivity contribution in [3.8, 4) is 0 Å². The van der Waals surface area contributed by atoms with E-state index in [2.05, 4.69) is 5.32 Å². The molecule has 13 heavy (non-hydrogen) atoms. The van der Waals surface area contributed by atoms with E-state index >= 15 is 0 Å². The fraction of sp³-hybridized carbons (Fsp3) is 0.556. The van der Waals surface area contributed by atoms with Gasteiger partial charge in [-0.15, -0.1) is 0 Å². The second-order valence-electron chi connectivity index (χ2n) is 3.53. The molecule has 0 saturated carbocycles. The molecule has 0 aliphatic carbocycles. The first-order valence-corrected chi connectivity index (χ1v) is 4.06. The molecule has 1 heterocycles. The lowest BCUT2D eigenvalue weighted by molar-refractivity contribution is -0.124. The molecule has 0 bridgehead atoms. The number of rotatable bonds is 2. The minimum Gasteiger partial charge on any atom is -0.375 e. The molecule has 0 aromatic rings. The van der Waals surface area contributed by atoms with Gasteiger partial charge in [-0.3, -0.25) is 14.9 Å². The van der Waals surface area contributed by atoms with Crippen LogP contribution in [0.3, 0.4) is 0 Å². The van der Waals surface area contributed by atoms with Crippen molar-refractivity contribution in [2.75, 3.05) is 7.11 Å². The number of amides is 2. The molecule has 0 aromatic heterocycles. The predicted octanol–water partition coefficient (Wildman–Crippen LogP) is 0.384. The number of hydrogen-bond acceptors (Lipinski definition) is 3. The van der Waals surface area contributed by atoms with E-state index in [-0.39, 0.29) is 18.2 Å². The minimum atomic E-state index is -0.503. The SMILES string of the molecule is COC(C)(C)/C=C1/CC(=O)NC1=O. The lowest BCUT2D eigenvalue weighted by Crippen LogP contribution is -2.22. The summed E-state index contributed by atoms with van der Waals surface area (Å²) in [4.78, 5) is 21.9. The maximum absolute atomic E-state index is 11.1. The number of methoxy groups -OCH3 is 1. The topological polar surface area (TPSA) is 55.4 Å². The van der Waals surface area contributed by atoms with Crippen molar-refractivity contribution in [3.05, 3.63) is 11.6 Å². The van der Waals surface area contributed by atoms with Crippen LogP contribution in [0.4, 0.5) is 0 Å². The van der Waals surface area contributed by atoms with Gasteiger partial charge in [-0.1, -0.05) is 0 Å². The number of carbonyl (C=O) groups is 2. The fourth-order valence-electron chi connectivity index (χ4n) is 1.10. The smallest absolute Gasteiger partial charge is 0.254 e. The van der Waals surface area contributed by atoms with Crippen molar-refractivity contribution >= 4 is 11.8 Å². The van der Waals surface area contributed by atoms with Gasteiger partial charge in [-0.2, -0.15) is 0 Å². The van der Waals surface area contributed by atoms with E-state index in [1.807, 2.05) is 13.8 Å². The summed E-state index contributed by atoms with van der Waals surface area (Å²) in [5.74, 6) is -0.557. The highest BCUT2D eigenvalue weighted by Gasteiger charge is 2.26. The summed E-state index contributed by atoms with van der Waals surface area (Å²) < 4.78 is 5.12. The second-order valence-corrected chi connectivity index (χ2v) is 3.53. The Kier molecular flexibility index (Phi) is 2.52. The van der Waals surface area contributed by atoms with Crippen LogP contribution in [0.1, 0.15) is 20.3 Å². The van der Waals surface area contributed by atoms with Crippen molar-refractivity contribution in [1.29, 1.82) is 0 Å². The van der Waals surface area contributed by atoms with Gasteiger partial charge in [0.2, 0.25) is 5.91 Å². The van der Waals surface area contributed by atoms with Crippen LogP contribution in [0.15, 0.2) is 11.6 Å². The first kappa shape index (κ1) is 9.92. The molecule has 1 rings (SSSR count). The lowest BCUT2D eigenvalue weighted by Gasteiger charge is -2.18. The minimum absolute atomic E-state index is 0.158. The van der Waals surface area contributed by atoms with Crippen molar-refractivity contribution < 1.29 is 14.3 Å². The van der Waals surface area contributed by atoms with Crippen molar-refractivity contribution in [1.82, 2.24) is 5.32 Å². The molecule has 0 spiro atoms. The summed E-state index contributed by atoms with van der Waals surface area (Å²) in [6.07, 6.45) is 1.83. The molecule has 0 unspecified atom stereocenters. The molecule has 0 aromatic carbocycles. The number of ether oxygens (including phenoxy) is 1. The third kappa shape index (κ3) is 2.39. The van der Waals surface area contributed by atoms with E-state index in [0.717, 1.165) is 0 Å². The van der Waals surface area contributed by atoms with Crippen LogP contribution in [-0.4, -0.2) is 24.5 Å². The summed E-state index contributed by atoms with van der Waals surface area (Å²) in [5.41, 5.74) is -0.0195. The number of nitrogens with one attached hydrogen (secondary N) is 1. The Morgan fingerprint density at radius 2 is 2.08 bits per heavy atom. The summed E-state index contributed by atoms with van der Waals surface area (Å²) in [7, 11) is 1.56. The molecule has 72 valence electrons. The summed E-state index contributed by atoms with van der Waals surface area (Å²) in [5, 5.41) is 2.21. The van der Waals surface area contributed by atoms with Gasteiger partial charge in [0.1, 0.15) is 0 Å². The maximum Gasteiger partial charge on any atom is 0.254 e. The van der Waals surface area contributed by atoms with E-state index in [4.69, 9.17) is 4.74 Å². The molecule has 1 saturated heterocycles. The Hall–Kier alpha value is -1.16. The third-order valence-corrected chi connectivity index (χ3v) is 1.94. The highest BCUT2D eigenvalue weighted by atomic mass is 16.5. The van der Waals surface area contributed by atoms with Crippen molar-refractivity contribution in [2.45, 2.75) is 25.9 Å². The van der Waals surface area contributed by atoms with Gasteiger partial charge in [0.25, 0.3) is 5.91 Å². The number of hydrogen-bond donors (Lipinski definition) is 1. The van der Waals surface area contributed by atoms with E-state index in [9.17, 15) is 9.59 Å². The largest absolute Gasteiger partial charge is 0.375 e. The van der Waals surface area contributed by atoms with Gasteiger partial charge in [0.05, 0.1) is 12.0 Å². The zero-order chi connectivity index (χ0) is 10.1. The Morgan fingerprint density at radius 1 is 1.46 bits per heavy atom. The van der Waals surface area contributed by atoms with E-state index in [0.29, 0.717) is 5.57 Å². The van der Waals surface area contributed by atoms with Gasteiger partial charge in [0, 0.05) is 12.7 Å². The molecule has 2 amide bonds. The Morgan fingerprint density at radius 3 is 2.46 bits per heavy atom. The van der Waals surface area contributed by atoms with Gasteiger partial charge in [0.15, 0.2) is 0 Å². The van der Waals surface area contributed by atoms with Crippen LogP contribution in [0.2, 0.25) is 0 Å². The van der Waals surface area contributed by atoms with Crippen LogP contribution in [-0.2, 0) is 14.3 Å². The highest BCUT2D eigenvalue weighted by molar-refractivity contribution is 6.13. The Labute approximate surface area is 76.9 Å². The average Bonchev–Trinajstić information content (AvgIpc) is 2.30. The van der Waals surface area contributed by atoms with Crippen LogP contribution in [0, 0.1) is 0 Å². The van der Waals surface area contributed by atoms with Crippen LogP contribution in [0.25, 0.3) is 0 Å².